The number of ether oxygens (including phenoxy) is 1. The van der Waals surface area contributed by atoms with Crippen molar-refractivity contribution in [2.75, 3.05) is 26.2 Å². The highest BCUT2D eigenvalue weighted by Gasteiger charge is 2.40. The largest absolute Gasteiger partial charge is 0.423 e. The van der Waals surface area contributed by atoms with Crippen molar-refractivity contribution in [1.82, 2.24) is 10.2 Å². The molecule has 0 radical (unpaired) electrons. The predicted octanol–water partition coefficient (Wildman–Crippen LogP) is 1.25. The van der Waals surface area contributed by atoms with Crippen LogP contribution in [0.3, 0.4) is 0 Å². The van der Waals surface area contributed by atoms with Crippen LogP contribution in [-0.2, 0) is 10.5 Å². The molecule has 1 aromatic rings. The molecule has 1 saturated heterocycles. The van der Waals surface area contributed by atoms with E-state index in [0.717, 1.165) is 31.7 Å². The Bertz CT molecular complexity index is 418. The summed E-state index contributed by atoms with van der Waals surface area (Å²) in [5, 5.41) is 3.30. The Balaban J connectivity index is 2.37. The van der Waals surface area contributed by atoms with Gasteiger partial charge in [-0.1, -0.05) is 37.3 Å². The van der Waals surface area contributed by atoms with Crippen LogP contribution < -0.4 is 11.1 Å². The van der Waals surface area contributed by atoms with Crippen molar-refractivity contribution in [3.05, 3.63) is 35.9 Å². The highest BCUT2D eigenvalue weighted by molar-refractivity contribution is 5.65. The number of piperazine rings is 1. The molecule has 1 heterocycles. The standard InChI is InChI=1S/C14H21N3O2/c1-2-14(19-13(15)18,12-6-4-3-5-7-12)17-10-8-16-9-11-17/h3-7,16H,2,8-11H2,1H3,(H2,15,18). The number of primary amides is 1. The van der Waals surface area contributed by atoms with Gasteiger partial charge in [0.15, 0.2) is 5.72 Å². The maximum Gasteiger partial charge on any atom is 0.406 e. The van der Waals surface area contributed by atoms with E-state index in [1.54, 1.807) is 0 Å². The van der Waals surface area contributed by atoms with Gasteiger partial charge in [-0.2, -0.15) is 0 Å². The second-order valence-electron chi connectivity index (χ2n) is 4.66. The topological polar surface area (TPSA) is 67.6 Å². The van der Waals surface area contributed by atoms with E-state index in [-0.39, 0.29) is 0 Å². The van der Waals surface area contributed by atoms with Crippen molar-refractivity contribution < 1.29 is 9.53 Å². The van der Waals surface area contributed by atoms with Gasteiger partial charge in [0.05, 0.1) is 0 Å². The van der Waals surface area contributed by atoms with Gasteiger partial charge in [-0.3, -0.25) is 4.90 Å². The molecule has 1 aliphatic heterocycles. The van der Waals surface area contributed by atoms with Gasteiger partial charge in [-0.15, -0.1) is 0 Å². The summed E-state index contributed by atoms with van der Waals surface area (Å²) in [7, 11) is 0. The van der Waals surface area contributed by atoms with Crippen LogP contribution in [0.1, 0.15) is 18.9 Å². The summed E-state index contributed by atoms with van der Waals surface area (Å²) in [6.45, 7) is 5.44. The number of hydrogen-bond donors (Lipinski definition) is 2. The normalized spacial score (nSPS) is 19.6. The number of carbonyl (C=O) groups excluding carboxylic acids is 1. The summed E-state index contributed by atoms with van der Waals surface area (Å²) >= 11 is 0. The number of nitrogens with one attached hydrogen (secondary N) is 1. The molecule has 1 atom stereocenters. The second kappa shape index (κ2) is 6.04. The van der Waals surface area contributed by atoms with E-state index in [2.05, 4.69) is 10.2 Å². The molecule has 3 N–H and O–H groups in total. The van der Waals surface area contributed by atoms with Crippen molar-refractivity contribution in [3.63, 3.8) is 0 Å². The van der Waals surface area contributed by atoms with Crippen molar-refractivity contribution in [2.24, 2.45) is 5.73 Å². The van der Waals surface area contributed by atoms with Crippen LogP contribution in [0.15, 0.2) is 30.3 Å². The van der Waals surface area contributed by atoms with Crippen molar-refractivity contribution in [3.8, 4) is 0 Å². The maximum absolute atomic E-state index is 11.3. The molecule has 1 fully saturated rings. The lowest BCUT2D eigenvalue weighted by atomic mass is 9.97. The molecule has 0 aliphatic carbocycles. The van der Waals surface area contributed by atoms with Gasteiger partial charge in [-0.05, 0) is 0 Å². The van der Waals surface area contributed by atoms with Gasteiger partial charge in [-0.25, -0.2) is 4.79 Å². The van der Waals surface area contributed by atoms with Crippen LogP contribution in [-0.4, -0.2) is 37.2 Å². The molecular weight excluding hydrogens is 242 g/mol. The molecule has 0 bridgehead atoms. The Hall–Kier alpha value is -1.59. The van der Waals surface area contributed by atoms with E-state index < -0.39 is 11.8 Å². The van der Waals surface area contributed by atoms with Gasteiger partial charge in [0, 0.05) is 38.2 Å². The fourth-order valence-corrected chi connectivity index (χ4v) is 2.70. The Kier molecular flexibility index (Phi) is 4.39. The molecule has 5 nitrogen and oxygen atoms in total. The van der Waals surface area contributed by atoms with Gasteiger partial charge in [0.2, 0.25) is 0 Å². The molecule has 0 saturated carbocycles. The number of hydrogen-bond acceptors (Lipinski definition) is 4. The summed E-state index contributed by atoms with van der Waals surface area (Å²) < 4.78 is 5.55. The Morgan fingerprint density at radius 1 is 1.37 bits per heavy atom. The van der Waals surface area contributed by atoms with Gasteiger partial charge >= 0.3 is 6.09 Å². The Morgan fingerprint density at radius 3 is 2.53 bits per heavy atom. The summed E-state index contributed by atoms with van der Waals surface area (Å²) in [5.74, 6) is 0. The monoisotopic (exact) mass is 263 g/mol. The molecule has 1 amide bonds. The molecule has 5 heteroatoms. The summed E-state index contributed by atoms with van der Waals surface area (Å²) in [5.41, 5.74) is 5.51. The number of amides is 1. The van der Waals surface area contributed by atoms with Crippen LogP contribution in [0.2, 0.25) is 0 Å². The first-order valence-corrected chi connectivity index (χ1v) is 6.69. The molecule has 19 heavy (non-hydrogen) atoms. The average Bonchev–Trinajstić information content (AvgIpc) is 2.46. The summed E-state index contributed by atoms with van der Waals surface area (Å²) in [6, 6.07) is 9.81. The lowest BCUT2D eigenvalue weighted by molar-refractivity contribution is -0.125. The minimum atomic E-state index is -0.755. The van der Waals surface area contributed by atoms with E-state index >= 15 is 0 Å². The Morgan fingerprint density at radius 2 is 2.00 bits per heavy atom. The fraction of sp³-hybridized carbons (Fsp3) is 0.500. The van der Waals surface area contributed by atoms with Crippen LogP contribution in [0.5, 0.6) is 0 Å². The van der Waals surface area contributed by atoms with E-state index in [1.807, 2.05) is 37.3 Å². The maximum atomic E-state index is 11.3. The third-order valence-electron chi connectivity index (χ3n) is 3.60. The predicted molar refractivity (Wildman–Crippen MR) is 73.5 cm³/mol. The van der Waals surface area contributed by atoms with Crippen molar-refractivity contribution >= 4 is 6.09 Å². The molecule has 0 spiro atoms. The highest BCUT2D eigenvalue weighted by Crippen LogP contribution is 2.33. The molecular formula is C14H21N3O2. The number of nitrogens with two attached hydrogens (primary N) is 1. The van der Waals surface area contributed by atoms with Gasteiger partial charge in [0.25, 0.3) is 0 Å². The van der Waals surface area contributed by atoms with E-state index in [1.165, 1.54) is 0 Å². The third kappa shape index (κ3) is 2.88. The van der Waals surface area contributed by atoms with Crippen LogP contribution >= 0.6 is 0 Å². The highest BCUT2D eigenvalue weighted by atomic mass is 16.6. The van der Waals surface area contributed by atoms with Crippen LogP contribution in [0.4, 0.5) is 4.79 Å². The van der Waals surface area contributed by atoms with Gasteiger partial charge in [0.1, 0.15) is 0 Å². The molecule has 0 aromatic heterocycles. The number of carbonyl (C=O) groups is 1. The lowest BCUT2D eigenvalue weighted by Crippen LogP contribution is -2.56. The molecule has 104 valence electrons. The molecule has 1 aliphatic rings. The first kappa shape index (κ1) is 13.8. The zero-order chi connectivity index (χ0) is 13.7. The fourth-order valence-electron chi connectivity index (χ4n) is 2.70. The molecule has 1 unspecified atom stereocenters. The molecule has 2 rings (SSSR count). The van der Waals surface area contributed by atoms with E-state index in [4.69, 9.17) is 10.5 Å². The summed E-state index contributed by atoms with van der Waals surface area (Å²) in [6.07, 6.45) is -0.0656. The summed E-state index contributed by atoms with van der Waals surface area (Å²) in [4.78, 5) is 13.5. The van der Waals surface area contributed by atoms with Crippen molar-refractivity contribution in [1.29, 1.82) is 0 Å². The minimum Gasteiger partial charge on any atom is -0.423 e. The lowest BCUT2D eigenvalue weighted by Gasteiger charge is -2.44. The SMILES string of the molecule is CCC(OC(N)=O)(c1ccccc1)N1CCNCC1. The smallest absolute Gasteiger partial charge is 0.406 e. The first-order chi connectivity index (χ1) is 9.19. The van der Waals surface area contributed by atoms with Crippen LogP contribution in [0.25, 0.3) is 0 Å². The average molecular weight is 263 g/mol. The van der Waals surface area contributed by atoms with E-state index in [0.29, 0.717) is 6.42 Å². The first-order valence-electron chi connectivity index (χ1n) is 6.69. The van der Waals surface area contributed by atoms with Crippen molar-refractivity contribution in [2.45, 2.75) is 19.1 Å². The zero-order valence-corrected chi connectivity index (χ0v) is 11.3. The van der Waals surface area contributed by atoms with Crippen LogP contribution in [0, 0.1) is 0 Å². The second-order valence-corrected chi connectivity index (χ2v) is 4.66. The zero-order valence-electron chi connectivity index (χ0n) is 11.3. The third-order valence-corrected chi connectivity index (χ3v) is 3.60. The Labute approximate surface area is 113 Å². The molecule has 1 aromatic carbocycles. The van der Waals surface area contributed by atoms with E-state index in [9.17, 15) is 4.79 Å². The quantitative estimate of drug-likeness (QED) is 0.858. The number of benzene rings is 1. The minimum absolute atomic E-state index is 0.667. The van der Waals surface area contributed by atoms with Gasteiger partial charge < -0.3 is 15.8 Å². The number of nitrogens with zero attached hydrogens (tertiary/aromatic N) is 1. The number of rotatable bonds is 4.